The Kier molecular flexibility index (Phi) is 4.55. The van der Waals surface area contributed by atoms with Gasteiger partial charge in [-0.3, -0.25) is 9.59 Å². The van der Waals surface area contributed by atoms with Gasteiger partial charge in [-0.15, -0.1) is 0 Å². The molecule has 2 aromatic rings. The molecule has 2 unspecified atom stereocenters. The fourth-order valence-corrected chi connectivity index (χ4v) is 5.18. The second-order valence-electron chi connectivity index (χ2n) is 9.14. The number of hydrogen-bond acceptors (Lipinski definition) is 5. The summed E-state index contributed by atoms with van der Waals surface area (Å²) in [5.74, 6) is -0.394. The SMILES string of the molecule is Cc1cc(CN(C)C(=O)C2C3C(=O)N(Cc4ccc(C)c(C)c4)C[C@]34C=C[C@H]2O4)no1. The lowest BCUT2D eigenvalue weighted by Crippen LogP contribution is -2.44. The highest BCUT2D eigenvalue weighted by atomic mass is 16.5. The number of amides is 2. The smallest absolute Gasteiger partial charge is 0.230 e. The van der Waals surface area contributed by atoms with Gasteiger partial charge in [-0.05, 0) is 37.5 Å². The van der Waals surface area contributed by atoms with Crippen LogP contribution in [0, 0.1) is 32.6 Å². The number of fused-ring (bicyclic) bond motifs is 1. The highest BCUT2D eigenvalue weighted by molar-refractivity contribution is 5.93. The Morgan fingerprint density at radius 1 is 1.26 bits per heavy atom. The third-order valence-electron chi connectivity index (χ3n) is 6.86. The summed E-state index contributed by atoms with van der Waals surface area (Å²) in [7, 11) is 1.74. The first-order valence-corrected chi connectivity index (χ1v) is 10.7. The van der Waals surface area contributed by atoms with E-state index in [1.54, 1.807) is 11.9 Å². The molecule has 4 atom stereocenters. The van der Waals surface area contributed by atoms with Crippen LogP contribution in [0.15, 0.2) is 40.9 Å². The first kappa shape index (κ1) is 20.0. The summed E-state index contributed by atoms with van der Waals surface area (Å²) in [6, 6.07) is 8.08. The first-order valence-electron chi connectivity index (χ1n) is 10.7. The molecule has 0 saturated carbocycles. The standard InChI is InChI=1S/C24H27N3O4/c1-14-5-6-17(9-15(14)2)11-27-13-24-8-7-19(30-24)20(21(24)23(27)29)22(28)26(4)12-18-10-16(3)31-25-18/h5-10,19-21H,11-13H2,1-4H3/t19-,20?,21?,24-/m1/s1. The van der Waals surface area contributed by atoms with E-state index in [0.29, 0.717) is 31.1 Å². The quantitative estimate of drug-likeness (QED) is 0.694. The fourth-order valence-electron chi connectivity index (χ4n) is 5.18. The molecule has 1 aromatic carbocycles. The Morgan fingerprint density at radius 3 is 2.77 bits per heavy atom. The molecule has 0 N–H and O–H groups in total. The van der Waals surface area contributed by atoms with Crippen LogP contribution < -0.4 is 0 Å². The molecule has 1 aromatic heterocycles. The third-order valence-corrected chi connectivity index (χ3v) is 6.86. The lowest BCUT2D eigenvalue weighted by molar-refractivity contribution is -0.143. The van der Waals surface area contributed by atoms with Crippen LogP contribution >= 0.6 is 0 Å². The molecule has 5 rings (SSSR count). The molecule has 2 bridgehead atoms. The van der Waals surface area contributed by atoms with Crippen LogP contribution in [0.1, 0.15) is 28.1 Å². The number of carbonyl (C=O) groups is 2. The van der Waals surface area contributed by atoms with E-state index in [1.165, 1.54) is 11.1 Å². The van der Waals surface area contributed by atoms with Crippen LogP contribution in [0.5, 0.6) is 0 Å². The molecule has 2 amide bonds. The van der Waals surface area contributed by atoms with Gasteiger partial charge in [0.1, 0.15) is 17.1 Å². The van der Waals surface area contributed by atoms with E-state index in [9.17, 15) is 9.59 Å². The minimum absolute atomic E-state index is 0.00545. The number of ether oxygens (including phenoxy) is 1. The molecule has 1 spiro atoms. The van der Waals surface area contributed by atoms with Crippen LogP contribution in [0.2, 0.25) is 0 Å². The summed E-state index contributed by atoms with van der Waals surface area (Å²) in [6.45, 7) is 7.31. The lowest BCUT2D eigenvalue weighted by atomic mass is 9.76. The zero-order valence-corrected chi connectivity index (χ0v) is 18.3. The second-order valence-corrected chi connectivity index (χ2v) is 9.14. The number of likely N-dealkylation sites (tertiary alicyclic amines) is 1. The summed E-state index contributed by atoms with van der Waals surface area (Å²) in [5, 5.41) is 3.98. The maximum atomic E-state index is 13.4. The fraction of sp³-hybridized carbons (Fsp3) is 0.458. The van der Waals surface area contributed by atoms with Crippen molar-refractivity contribution in [3.8, 4) is 0 Å². The number of hydrogen-bond donors (Lipinski definition) is 0. The van der Waals surface area contributed by atoms with Gasteiger partial charge in [0.05, 0.1) is 31.0 Å². The molecular weight excluding hydrogens is 394 g/mol. The molecule has 2 fully saturated rings. The van der Waals surface area contributed by atoms with Gasteiger partial charge in [-0.25, -0.2) is 0 Å². The van der Waals surface area contributed by atoms with Gasteiger partial charge in [0, 0.05) is 19.7 Å². The minimum Gasteiger partial charge on any atom is -0.361 e. The highest BCUT2D eigenvalue weighted by Crippen LogP contribution is 2.52. The average molecular weight is 421 g/mol. The van der Waals surface area contributed by atoms with Gasteiger partial charge in [-0.2, -0.15) is 0 Å². The van der Waals surface area contributed by atoms with Gasteiger partial charge < -0.3 is 19.1 Å². The van der Waals surface area contributed by atoms with E-state index >= 15 is 0 Å². The second kappa shape index (κ2) is 7.05. The number of aryl methyl sites for hydroxylation is 3. The molecule has 7 heteroatoms. The number of carbonyl (C=O) groups excluding carboxylic acids is 2. The summed E-state index contributed by atoms with van der Waals surface area (Å²) in [4.78, 5) is 30.3. The van der Waals surface area contributed by atoms with E-state index < -0.39 is 17.4 Å². The van der Waals surface area contributed by atoms with Crippen molar-refractivity contribution < 1.29 is 18.8 Å². The van der Waals surface area contributed by atoms with Gasteiger partial charge in [0.15, 0.2) is 0 Å². The largest absolute Gasteiger partial charge is 0.361 e. The maximum Gasteiger partial charge on any atom is 0.230 e. The van der Waals surface area contributed by atoms with Crippen molar-refractivity contribution in [1.29, 1.82) is 0 Å². The molecule has 4 heterocycles. The van der Waals surface area contributed by atoms with Crippen molar-refractivity contribution in [1.82, 2.24) is 15.0 Å². The Labute approximate surface area is 181 Å². The normalized spacial score (nSPS) is 28.5. The molecule has 162 valence electrons. The molecule has 3 aliphatic rings. The summed E-state index contributed by atoms with van der Waals surface area (Å²) in [6.07, 6.45) is 3.58. The molecule has 0 aliphatic carbocycles. The van der Waals surface area contributed by atoms with Crippen molar-refractivity contribution in [3.05, 3.63) is 64.6 Å². The number of benzene rings is 1. The van der Waals surface area contributed by atoms with Gasteiger partial charge in [-0.1, -0.05) is 35.5 Å². The van der Waals surface area contributed by atoms with Gasteiger partial charge in [0.25, 0.3) is 0 Å². The molecular formula is C24H27N3O4. The van der Waals surface area contributed by atoms with Crippen molar-refractivity contribution in [3.63, 3.8) is 0 Å². The van der Waals surface area contributed by atoms with E-state index in [2.05, 4.69) is 37.2 Å². The lowest BCUT2D eigenvalue weighted by Gasteiger charge is -2.27. The van der Waals surface area contributed by atoms with Crippen molar-refractivity contribution in [2.75, 3.05) is 13.6 Å². The van der Waals surface area contributed by atoms with Crippen LogP contribution in [0.4, 0.5) is 0 Å². The third kappa shape index (κ3) is 3.19. The Balaban J connectivity index is 1.35. The van der Waals surface area contributed by atoms with E-state index in [-0.39, 0.29) is 17.9 Å². The molecule has 0 radical (unpaired) electrons. The maximum absolute atomic E-state index is 13.4. The zero-order valence-electron chi connectivity index (χ0n) is 18.3. The highest BCUT2D eigenvalue weighted by Gasteiger charge is 2.67. The van der Waals surface area contributed by atoms with Crippen molar-refractivity contribution >= 4 is 11.8 Å². The molecule has 31 heavy (non-hydrogen) atoms. The van der Waals surface area contributed by atoms with Crippen LogP contribution in [-0.4, -0.2) is 52.1 Å². The summed E-state index contributed by atoms with van der Waals surface area (Å²) in [5.41, 5.74) is 3.52. The molecule has 2 saturated heterocycles. The summed E-state index contributed by atoms with van der Waals surface area (Å²) >= 11 is 0. The zero-order chi connectivity index (χ0) is 21.9. The number of aromatic nitrogens is 1. The Bertz CT molecular complexity index is 1090. The Hall–Kier alpha value is -2.93. The van der Waals surface area contributed by atoms with E-state index in [4.69, 9.17) is 9.26 Å². The predicted octanol–water partition coefficient (Wildman–Crippen LogP) is 2.54. The van der Waals surface area contributed by atoms with Crippen molar-refractivity contribution in [2.24, 2.45) is 11.8 Å². The molecule has 7 nitrogen and oxygen atoms in total. The van der Waals surface area contributed by atoms with Crippen LogP contribution in [-0.2, 0) is 27.4 Å². The monoisotopic (exact) mass is 421 g/mol. The minimum atomic E-state index is -0.701. The first-order chi connectivity index (χ1) is 14.8. The van der Waals surface area contributed by atoms with Gasteiger partial charge in [0.2, 0.25) is 11.8 Å². The van der Waals surface area contributed by atoms with E-state index in [1.807, 2.05) is 30.0 Å². The predicted molar refractivity (Wildman–Crippen MR) is 113 cm³/mol. The van der Waals surface area contributed by atoms with E-state index in [0.717, 1.165) is 5.56 Å². The number of rotatable bonds is 5. The topological polar surface area (TPSA) is 75.9 Å². The van der Waals surface area contributed by atoms with Crippen LogP contribution in [0.25, 0.3) is 0 Å². The number of nitrogens with zero attached hydrogens (tertiary/aromatic N) is 3. The molecule has 3 aliphatic heterocycles. The van der Waals surface area contributed by atoms with Crippen molar-refractivity contribution in [2.45, 2.75) is 45.6 Å². The van der Waals surface area contributed by atoms with Crippen LogP contribution in [0.3, 0.4) is 0 Å². The van der Waals surface area contributed by atoms with Gasteiger partial charge >= 0.3 is 0 Å². The Morgan fingerprint density at radius 2 is 2.06 bits per heavy atom. The average Bonchev–Trinajstić information content (AvgIpc) is 3.46. The summed E-state index contributed by atoms with van der Waals surface area (Å²) < 4.78 is 11.4.